The van der Waals surface area contributed by atoms with Crippen molar-refractivity contribution in [2.75, 3.05) is 5.32 Å². The van der Waals surface area contributed by atoms with E-state index >= 15 is 0 Å². The van der Waals surface area contributed by atoms with Crippen LogP contribution in [0.3, 0.4) is 0 Å². The number of nitrogens with one attached hydrogen (secondary N) is 2. The number of nitrogens with zero attached hydrogens (tertiary/aromatic N) is 3. The molecule has 0 spiro atoms. The third-order valence-electron chi connectivity index (χ3n) is 4.38. The van der Waals surface area contributed by atoms with E-state index in [1.807, 2.05) is 26.0 Å². The Labute approximate surface area is 161 Å². The number of imidazole rings is 1. The molecule has 9 heteroatoms. The Morgan fingerprint density at radius 3 is 2.52 bits per heavy atom. The maximum atomic E-state index is 12.5. The molecule has 0 aliphatic carbocycles. The van der Waals surface area contributed by atoms with E-state index in [4.69, 9.17) is 23.3 Å². The molecule has 8 nitrogen and oxygen atoms in total. The van der Waals surface area contributed by atoms with Crippen LogP contribution in [0.5, 0.6) is 0 Å². The summed E-state index contributed by atoms with van der Waals surface area (Å²) in [6.07, 6.45) is 3.42. The molecular weight excluding hydrogens is 366 g/mol. The Morgan fingerprint density at radius 1 is 1.19 bits per heavy atom. The molecule has 1 amide bonds. The van der Waals surface area contributed by atoms with Crippen molar-refractivity contribution in [3.05, 3.63) is 64.9 Å². The summed E-state index contributed by atoms with van der Waals surface area (Å²) in [7, 11) is 0. The minimum Gasteiger partial charge on any atom is -0.322 e. The number of carbonyl (C=O) groups excluding carboxylic acids is 1. The van der Waals surface area contributed by atoms with Gasteiger partial charge in [-0.15, -0.1) is 0 Å². The Kier molecular flexibility index (Phi) is 5.02. The van der Waals surface area contributed by atoms with E-state index < -0.39 is 5.41 Å². The number of amidine groups is 1. The number of fused-ring (bicyclic) bond motifs is 1. The molecular formula is C18H20ClN7O. The number of rotatable bonds is 4. The van der Waals surface area contributed by atoms with Gasteiger partial charge in [-0.2, -0.15) is 5.10 Å². The Morgan fingerprint density at radius 2 is 1.89 bits per heavy atom. The van der Waals surface area contributed by atoms with Crippen molar-refractivity contribution in [1.82, 2.24) is 14.8 Å². The quantitative estimate of drug-likeness (QED) is 0.237. The predicted molar refractivity (Wildman–Crippen MR) is 107 cm³/mol. The summed E-state index contributed by atoms with van der Waals surface area (Å²) in [5, 5.41) is 7.04. The molecule has 0 saturated carbocycles. The van der Waals surface area contributed by atoms with Crippen LogP contribution < -0.4 is 22.4 Å². The summed E-state index contributed by atoms with van der Waals surface area (Å²) in [5.41, 5.74) is 4.07. The van der Waals surface area contributed by atoms with Gasteiger partial charge in [-0.3, -0.25) is 4.79 Å². The zero-order chi connectivity index (χ0) is 19.6. The van der Waals surface area contributed by atoms with Crippen molar-refractivity contribution < 1.29 is 4.79 Å². The molecule has 3 rings (SSSR count). The predicted octanol–water partition coefficient (Wildman–Crippen LogP) is 2.25. The van der Waals surface area contributed by atoms with E-state index in [0.29, 0.717) is 27.9 Å². The Bertz CT molecular complexity index is 1010. The maximum absolute atomic E-state index is 12.5. The fraction of sp³-hybridized carbons (Fsp3) is 0.167. The highest BCUT2D eigenvalue weighted by molar-refractivity contribution is 6.30. The SMILES string of the molecule is CC(C)(/C(=N/N)NN)c1ccc(C(=O)Nc2cn3cc(Cl)ccc3n2)cc1. The van der Waals surface area contributed by atoms with Crippen molar-refractivity contribution in [1.29, 1.82) is 0 Å². The van der Waals surface area contributed by atoms with Crippen LogP contribution >= 0.6 is 11.6 Å². The number of amides is 1. The van der Waals surface area contributed by atoms with Gasteiger partial charge in [0.2, 0.25) is 0 Å². The average Bonchev–Trinajstić information content (AvgIpc) is 3.03. The molecule has 2 heterocycles. The number of carbonyl (C=O) groups is 1. The van der Waals surface area contributed by atoms with Gasteiger partial charge in [0.25, 0.3) is 5.91 Å². The molecule has 27 heavy (non-hydrogen) atoms. The summed E-state index contributed by atoms with van der Waals surface area (Å²) in [6.45, 7) is 3.85. The number of benzene rings is 1. The molecule has 0 unspecified atom stereocenters. The molecule has 140 valence electrons. The summed E-state index contributed by atoms with van der Waals surface area (Å²) in [5.74, 6) is 11.5. The van der Waals surface area contributed by atoms with Crippen LogP contribution in [0.2, 0.25) is 5.02 Å². The molecule has 0 aliphatic heterocycles. The van der Waals surface area contributed by atoms with Crippen LogP contribution in [0.1, 0.15) is 29.8 Å². The number of hydrogen-bond donors (Lipinski definition) is 4. The minimum absolute atomic E-state index is 0.265. The van der Waals surface area contributed by atoms with E-state index in [9.17, 15) is 4.79 Å². The van der Waals surface area contributed by atoms with E-state index in [-0.39, 0.29) is 5.91 Å². The first-order valence-corrected chi connectivity index (χ1v) is 8.54. The number of hydrogen-bond acceptors (Lipinski definition) is 5. The van der Waals surface area contributed by atoms with Crippen LogP contribution in [0, 0.1) is 0 Å². The van der Waals surface area contributed by atoms with Gasteiger partial charge in [0.1, 0.15) is 11.5 Å². The summed E-state index contributed by atoms with van der Waals surface area (Å²) in [4.78, 5) is 16.8. The van der Waals surface area contributed by atoms with Gasteiger partial charge in [-0.1, -0.05) is 23.7 Å². The second-order valence-electron chi connectivity index (χ2n) is 6.52. The lowest BCUT2D eigenvalue weighted by atomic mass is 9.83. The third-order valence-corrected chi connectivity index (χ3v) is 4.61. The zero-order valence-corrected chi connectivity index (χ0v) is 15.7. The minimum atomic E-state index is -0.528. The van der Waals surface area contributed by atoms with E-state index in [1.165, 1.54) is 0 Å². The van der Waals surface area contributed by atoms with Gasteiger partial charge >= 0.3 is 0 Å². The maximum Gasteiger partial charge on any atom is 0.256 e. The standard InChI is InChI=1S/C18H20ClN7O/c1-18(2,17(24-20)25-21)12-5-3-11(4-6-12)16(27)23-14-10-26-9-13(19)7-8-15(26)22-14/h3-10H,20-21H2,1-2H3,(H,23,27)(H,24,25). The van der Waals surface area contributed by atoms with Gasteiger partial charge in [0, 0.05) is 11.8 Å². The lowest BCUT2D eigenvalue weighted by Gasteiger charge is -2.26. The smallest absolute Gasteiger partial charge is 0.256 e. The molecule has 3 aromatic rings. The van der Waals surface area contributed by atoms with Crippen LogP contribution in [0.25, 0.3) is 5.65 Å². The molecule has 1 aromatic carbocycles. The zero-order valence-electron chi connectivity index (χ0n) is 14.9. The number of aromatic nitrogens is 2. The fourth-order valence-electron chi connectivity index (χ4n) is 2.77. The van der Waals surface area contributed by atoms with Crippen molar-refractivity contribution in [2.24, 2.45) is 16.8 Å². The largest absolute Gasteiger partial charge is 0.322 e. The summed E-state index contributed by atoms with van der Waals surface area (Å²) >= 11 is 5.96. The van der Waals surface area contributed by atoms with Crippen molar-refractivity contribution in [3.8, 4) is 0 Å². The van der Waals surface area contributed by atoms with Gasteiger partial charge in [0.15, 0.2) is 5.82 Å². The highest BCUT2D eigenvalue weighted by Crippen LogP contribution is 2.24. The van der Waals surface area contributed by atoms with Crippen LogP contribution in [-0.2, 0) is 5.41 Å². The fourth-order valence-corrected chi connectivity index (χ4v) is 2.94. The topological polar surface area (TPSA) is 123 Å². The number of pyridine rings is 1. The molecule has 6 N–H and O–H groups in total. The molecule has 0 fully saturated rings. The van der Waals surface area contributed by atoms with E-state index in [0.717, 1.165) is 5.56 Å². The highest BCUT2D eigenvalue weighted by atomic mass is 35.5. The number of anilines is 1. The Balaban J connectivity index is 1.79. The summed E-state index contributed by atoms with van der Waals surface area (Å²) in [6, 6.07) is 10.6. The van der Waals surface area contributed by atoms with Crippen molar-refractivity contribution >= 4 is 34.8 Å². The lowest BCUT2D eigenvalue weighted by Crippen LogP contribution is -2.44. The molecule has 0 bridgehead atoms. The van der Waals surface area contributed by atoms with Crippen LogP contribution in [0.4, 0.5) is 5.82 Å². The number of hydrazine groups is 1. The average molecular weight is 386 g/mol. The van der Waals surface area contributed by atoms with Gasteiger partial charge in [-0.05, 0) is 43.7 Å². The molecule has 0 saturated heterocycles. The second kappa shape index (κ2) is 7.26. The third kappa shape index (κ3) is 3.71. The van der Waals surface area contributed by atoms with Crippen molar-refractivity contribution in [3.63, 3.8) is 0 Å². The molecule has 0 radical (unpaired) electrons. The Hall–Kier alpha value is -3.10. The molecule has 0 aliphatic rings. The van der Waals surface area contributed by atoms with Gasteiger partial charge < -0.3 is 21.0 Å². The monoisotopic (exact) mass is 385 g/mol. The number of halogens is 1. The van der Waals surface area contributed by atoms with Gasteiger partial charge in [-0.25, -0.2) is 10.8 Å². The van der Waals surface area contributed by atoms with Crippen molar-refractivity contribution in [2.45, 2.75) is 19.3 Å². The first-order chi connectivity index (χ1) is 12.8. The number of hydrazone groups is 1. The molecule has 0 atom stereocenters. The first-order valence-electron chi connectivity index (χ1n) is 8.16. The summed E-state index contributed by atoms with van der Waals surface area (Å²) < 4.78 is 1.75. The van der Waals surface area contributed by atoms with E-state index in [2.05, 4.69) is 20.8 Å². The van der Waals surface area contributed by atoms with Crippen LogP contribution in [-0.4, -0.2) is 21.1 Å². The highest BCUT2D eigenvalue weighted by Gasteiger charge is 2.27. The first kappa shape index (κ1) is 18.7. The van der Waals surface area contributed by atoms with E-state index in [1.54, 1.807) is 41.1 Å². The molecule has 2 aromatic heterocycles. The normalized spacial score (nSPS) is 12.2. The lowest BCUT2D eigenvalue weighted by molar-refractivity contribution is 0.102. The number of nitrogens with two attached hydrogens (primary N) is 2. The van der Waals surface area contributed by atoms with Crippen LogP contribution in [0.15, 0.2) is 53.9 Å². The van der Waals surface area contributed by atoms with Gasteiger partial charge in [0.05, 0.1) is 16.6 Å². The second-order valence-corrected chi connectivity index (χ2v) is 6.95.